The Labute approximate surface area is 155 Å². The summed E-state index contributed by atoms with van der Waals surface area (Å²) in [4.78, 5) is 12.3. The lowest BCUT2D eigenvalue weighted by molar-refractivity contribution is -0.137. The highest BCUT2D eigenvalue weighted by atomic mass is 35.5. The van der Waals surface area contributed by atoms with Crippen molar-refractivity contribution >= 4 is 18.3 Å². The summed E-state index contributed by atoms with van der Waals surface area (Å²) in [6.45, 7) is 4.10. The average Bonchev–Trinajstić information content (AvgIpc) is 3.09. The van der Waals surface area contributed by atoms with Gasteiger partial charge in [-0.25, -0.2) is 4.68 Å². The van der Waals surface area contributed by atoms with E-state index in [4.69, 9.17) is 5.73 Å². The van der Waals surface area contributed by atoms with Crippen LogP contribution in [0.1, 0.15) is 42.7 Å². The molecule has 0 fully saturated rings. The summed E-state index contributed by atoms with van der Waals surface area (Å²) >= 11 is 0. The van der Waals surface area contributed by atoms with Crippen LogP contribution in [0.5, 0.6) is 0 Å². The Kier molecular flexibility index (Phi) is 7.16. The molecule has 0 aliphatic carbocycles. The van der Waals surface area contributed by atoms with E-state index < -0.39 is 23.2 Å². The molecule has 2 rings (SSSR count). The molecule has 1 aromatic carbocycles. The summed E-state index contributed by atoms with van der Waals surface area (Å²) in [5, 5.41) is 10.3. The van der Waals surface area contributed by atoms with Gasteiger partial charge in [0.2, 0.25) is 0 Å². The summed E-state index contributed by atoms with van der Waals surface area (Å²) in [5.41, 5.74) is 4.58. The number of nitrogens with two attached hydrogens (primary N) is 1. The molecule has 0 aliphatic rings. The van der Waals surface area contributed by atoms with Crippen molar-refractivity contribution in [2.24, 2.45) is 5.73 Å². The number of benzene rings is 1. The maximum atomic E-state index is 12.8. The SMILES string of the molecule is CCC(CC)(CN)NC(=O)c1cn(-c2cccc(C(F)(F)F)c2)nn1.Cl. The lowest BCUT2D eigenvalue weighted by atomic mass is 9.93. The largest absolute Gasteiger partial charge is 0.416 e. The molecular formula is C16H21ClF3N5O. The van der Waals surface area contributed by atoms with E-state index in [-0.39, 0.29) is 30.3 Å². The number of alkyl halides is 3. The zero-order valence-electron chi connectivity index (χ0n) is 14.4. The van der Waals surface area contributed by atoms with Crippen LogP contribution in [-0.4, -0.2) is 33.0 Å². The number of hydrogen-bond donors (Lipinski definition) is 2. The van der Waals surface area contributed by atoms with Gasteiger partial charge >= 0.3 is 6.18 Å². The predicted octanol–water partition coefficient (Wildman–Crippen LogP) is 2.96. The minimum Gasteiger partial charge on any atom is -0.344 e. The second-order valence-corrected chi connectivity index (χ2v) is 5.74. The lowest BCUT2D eigenvalue weighted by Crippen LogP contribution is -2.53. The fourth-order valence-corrected chi connectivity index (χ4v) is 2.39. The van der Waals surface area contributed by atoms with Crippen LogP contribution in [0.3, 0.4) is 0 Å². The molecule has 10 heteroatoms. The standard InChI is InChI=1S/C16H20F3N5O.ClH/c1-3-15(4-2,10-20)21-14(25)13-9-24(23-22-13)12-7-5-6-11(8-12)16(17,18)19;/h5-9H,3-4,10,20H2,1-2H3,(H,21,25);1H. The van der Waals surface area contributed by atoms with E-state index in [0.29, 0.717) is 12.8 Å². The van der Waals surface area contributed by atoms with Crippen LogP contribution in [0, 0.1) is 0 Å². The maximum Gasteiger partial charge on any atom is 0.416 e. The van der Waals surface area contributed by atoms with Crippen molar-refractivity contribution in [3.05, 3.63) is 41.7 Å². The normalized spacial score (nSPS) is 11.8. The fraction of sp³-hybridized carbons (Fsp3) is 0.438. The molecule has 0 unspecified atom stereocenters. The van der Waals surface area contributed by atoms with Crippen LogP contribution in [-0.2, 0) is 6.18 Å². The Hall–Kier alpha value is -2.13. The highest BCUT2D eigenvalue weighted by molar-refractivity contribution is 5.92. The van der Waals surface area contributed by atoms with Crippen molar-refractivity contribution in [3.8, 4) is 5.69 Å². The number of hydrogen-bond acceptors (Lipinski definition) is 4. The Bertz CT molecular complexity index is 735. The van der Waals surface area contributed by atoms with Gasteiger partial charge in [-0.2, -0.15) is 13.2 Å². The van der Waals surface area contributed by atoms with E-state index in [1.54, 1.807) is 0 Å². The summed E-state index contributed by atoms with van der Waals surface area (Å²) in [5.74, 6) is -0.465. The van der Waals surface area contributed by atoms with E-state index >= 15 is 0 Å². The van der Waals surface area contributed by atoms with E-state index in [1.807, 2.05) is 13.8 Å². The second-order valence-electron chi connectivity index (χ2n) is 5.74. The van der Waals surface area contributed by atoms with Crippen molar-refractivity contribution in [3.63, 3.8) is 0 Å². The number of nitrogens with zero attached hydrogens (tertiary/aromatic N) is 3. The van der Waals surface area contributed by atoms with Crippen molar-refractivity contribution in [2.45, 2.75) is 38.4 Å². The van der Waals surface area contributed by atoms with Crippen LogP contribution >= 0.6 is 12.4 Å². The Morgan fingerprint density at radius 3 is 2.46 bits per heavy atom. The quantitative estimate of drug-likeness (QED) is 0.792. The zero-order valence-corrected chi connectivity index (χ0v) is 15.2. The van der Waals surface area contributed by atoms with Crippen LogP contribution < -0.4 is 11.1 Å². The van der Waals surface area contributed by atoms with Gasteiger partial charge in [0, 0.05) is 6.54 Å². The van der Waals surface area contributed by atoms with Crippen molar-refractivity contribution < 1.29 is 18.0 Å². The molecule has 1 amide bonds. The third-order valence-electron chi connectivity index (χ3n) is 4.29. The molecule has 3 N–H and O–H groups in total. The van der Waals surface area contributed by atoms with Crippen LogP contribution in [0.25, 0.3) is 5.69 Å². The van der Waals surface area contributed by atoms with Gasteiger partial charge in [-0.05, 0) is 31.0 Å². The Balaban J connectivity index is 0.00000338. The van der Waals surface area contributed by atoms with Crippen LogP contribution in [0.4, 0.5) is 13.2 Å². The average molecular weight is 392 g/mol. The topological polar surface area (TPSA) is 85.8 Å². The highest BCUT2D eigenvalue weighted by Gasteiger charge is 2.31. The van der Waals surface area contributed by atoms with Gasteiger partial charge in [-0.3, -0.25) is 4.79 Å². The number of nitrogens with one attached hydrogen (secondary N) is 1. The van der Waals surface area contributed by atoms with Gasteiger partial charge < -0.3 is 11.1 Å². The molecule has 0 bridgehead atoms. The number of carbonyl (C=O) groups excluding carboxylic acids is 1. The van der Waals surface area contributed by atoms with E-state index in [2.05, 4.69) is 15.6 Å². The van der Waals surface area contributed by atoms with Gasteiger partial charge in [-0.15, -0.1) is 17.5 Å². The van der Waals surface area contributed by atoms with E-state index in [0.717, 1.165) is 16.8 Å². The van der Waals surface area contributed by atoms with E-state index in [1.165, 1.54) is 18.3 Å². The number of aromatic nitrogens is 3. The monoisotopic (exact) mass is 391 g/mol. The number of rotatable bonds is 6. The molecule has 26 heavy (non-hydrogen) atoms. The number of carbonyl (C=O) groups is 1. The molecule has 0 saturated heterocycles. The van der Waals surface area contributed by atoms with E-state index in [9.17, 15) is 18.0 Å². The molecule has 6 nitrogen and oxygen atoms in total. The third-order valence-corrected chi connectivity index (χ3v) is 4.29. The molecule has 0 aliphatic heterocycles. The summed E-state index contributed by atoms with van der Waals surface area (Å²) < 4.78 is 39.5. The first-order valence-electron chi connectivity index (χ1n) is 7.87. The summed E-state index contributed by atoms with van der Waals surface area (Å²) in [7, 11) is 0. The van der Waals surface area contributed by atoms with Gasteiger partial charge in [-0.1, -0.05) is 25.1 Å². The lowest BCUT2D eigenvalue weighted by Gasteiger charge is -2.30. The molecule has 0 atom stereocenters. The summed E-state index contributed by atoms with van der Waals surface area (Å²) in [6.07, 6.45) is -1.88. The fourth-order valence-electron chi connectivity index (χ4n) is 2.39. The first-order chi connectivity index (χ1) is 11.7. The van der Waals surface area contributed by atoms with Gasteiger partial charge in [0.05, 0.1) is 23.0 Å². The molecule has 1 aromatic heterocycles. The predicted molar refractivity (Wildman–Crippen MR) is 93.4 cm³/mol. The van der Waals surface area contributed by atoms with Crippen LogP contribution in [0.2, 0.25) is 0 Å². The van der Waals surface area contributed by atoms with Crippen molar-refractivity contribution in [1.82, 2.24) is 20.3 Å². The maximum absolute atomic E-state index is 12.8. The van der Waals surface area contributed by atoms with Gasteiger partial charge in [0.25, 0.3) is 5.91 Å². The smallest absolute Gasteiger partial charge is 0.344 e. The first kappa shape index (κ1) is 21.9. The molecule has 0 radical (unpaired) electrons. The Morgan fingerprint density at radius 1 is 1.27 bits per heavy atom. The number of amides is 1. The third kappa shape index (κ3) is 4.73. The van der Waals surface area contributed by atoms with Crippen LogP contribution in [0.15, 0.2) is 30.5 Å². The first-order valence-corrected chi connectivity index (χ1v) is 7.87. The highest BCUT2D eigenvalue weighted by Crippen LogP contribution is 2.30. The Morgan fingerprint density at radius 2 is 1.92 bits per heavy atom. The minimum atomic E-state index is -4.46. The van der Waals surface area contributed by atoms with Crippen molar-refractivity contribution in [2.75, 3.05) is 6.54 Å². The van der Waals surface area contributed by atoms with Gasteiger partial charge in [0.1, 0.15) is 0 Å². The molecular weight excluding hydrogens is 371 g/mol. The molecule has 2 aromatic rings. The molecule has 0 saturated carbocycles. The second kappa shape index (κ2) is 8.50. The number of halogens is 4. The van der Waals surface area contributed by atoms with Crippen molar-refractivity contribution in [1.29, 1.82) is 0 Å². The molecule has 0 spiro atoms. The zero-order chi connectivity index (χ0) is 18.7. The van der Waals surface area contributed by atoms with Gasteiger partial charge in [0.15, 0.2) is 5.69 Å². The molecule has 144 valence electrons. The minimum absolute atomic E-state index is 0. The summed E-state index contributed by atoms with van der Waals surface area (Å²) in [6, 6.07) is 4.63. The molecule has 1 heterocycles.